The molecule has 12 heavy (non-hydrogen) atoms. The second-order valence-electron chi connectivity index (χ2n) is 3.46. The van der Waals surface area contributed by atoms with Gasteiger partial charge in [0.25, 0.3) is 0 Å². The number of halogens is 1. The van der Waals surface area contributed by atoms with Gasteiger partial charge in [-0.3, -0.25) is 0 Å². The van der Waals surface area contributed by atoms with Crippen molar-refractivity contribution in [2.45, 2.75) is 44.9 Å². The molecule has 0 atom stereocenters. The van der Waals surface area contributed by atoms with Crippen LogP contribution in [0, 0.1) is 0 Å². The molecule has 68 valence electrons. The van der Waals surface area contributed by atoms with Crippen LogP contribution in [-0.2, 0) is 0 Å². The molecule has 0 spiro atoms. The first kappa shape index (κ1) is 10.0. The second kappa shape index (κ2) is 5.58. The smallest absolute Gasteiger partial charge is 0.0161 e. The van der Waals surface area contributed by atoms with E-state index in [1.165, 1.54) is 48.6 Å². The van der Waals surface area contributed by atoms with Gasteiger partial charge >= 0.3 is 0 Å². The lowest BCUT2D eigenvalue weighted by Crippen LogP contribution is -1.87. The molecule has 0 unspecified atom stereocenters. The standard InChI is InChI=1S/C11H17Br/c1-10-8-6-4-2-3-5-7-9-11(10)12/h9H,1-8H2/b11-9+. The second-order valence-corrected chi connectivity index (χ2v) is 4.32. The zero-order chi connectivity index (χ0) is 8.81. The Hall–Kier alpha value is -0.0400. The van der Waals surface area contributed by atoms with Crippen molar-refractivity contribution >= 4 is 15.9 Å². The van der Waals surface area contributed by atoms with Crippen LogP contribution in [0.1, 0.15) is 44.9 Å². The van der Waals surface area contributed by atoms with Gasteiger partial charge in [0.05, 0.1) is 0 Å². The van der Waals surface area contributed by atoms with Crippen molar-refractivity contribution in [3.63, 3.8) is 0 Å². The van der Waals surface area contributed by atoms with Crippen LogP contribution in [-0.4, -0.2) is 0 Å². The molecule has 0 aromatic rings. The molecule has 1 rings (SSSR count). The van der Waals surface area contributed by atoms with Crippen molar-refractivity contribution in [3.8, 4) is 0 Å². The summed E-state index contributed by atoms with van der Waals surface area (Å²) in [7, 11) is 0. The van der Waals surface area contributed by atoms with Crippen molar-refractivity contribution in [1.82, 2.24) is 0 Å². The SMILES string of the molecule is C=C1CCCCCCC/C=C\1Br. The van der Waals surface area contributed by atoms with E-state index in [-0.39, 0.29) is 0 Å². The molecule has 1 aliphatic carbocycles. The highest BCUT2D eigenvalue weighted by molar-refractivity contribution is 9.12. The van der Waals surface area contributed by atoms with Crippen molar-refractivity contribution < 1.29 is 0 Å². The Labute approximate surface area is 83.9 Å². The highest BCUT2D eigenvalue weighted by atomic mass is 79.9. The van der Waals surface area contributed by atoms with Crippen molar-refractivity contribution in [2.24, 2.45) is 0 Å². The summed E-state index contributed by atoms with van der Waals surface area (Å²) < 4.78 is 1.24. The molecular weight excluding hydrogens is 212 g/mol. The van der Waals surface area contributed by atoms with Gasteiger partial charge in [-0.15, -0.1) is 0 Å². The highest BCUT2D eigenvalue weighted by Crippen LogP contribution is 2.24. The molecule has 0 nitrogen and oxygen atoms in total. The Morgan fingerprint density at radius 2 is 1.75 bits per heavy atom. The van der Waals surface area contributed by atoms with E-state index in [1.807, 2.05) is 0 Å². The summed E-state index contributed by atoms with van der Waals surface area (Å²) in [6, 6.07) is 0. The Morgan fingerprint density at radius 3 is 2.58 bits per heavy atom. The van der Waals surface area contributed by atoms with Crippen molar-refractivity contribution in [1.29, 1.82) is 0 Å². The fourth-order valence-electron chi connectivity index (χ4n) is 1.51. The van der Waals surface area contributed by atoms with Gasteiger partial charge in [0.15, 0.2) is 0 Å². The van der Waals surface area contributed by atoms with E-state index in [1.54, 1.807) is 0 Å². The van der Waals surface area contributed by atoms with Crippen molar-refractivity contribution in [2.75, 3.05) is 0 Å². The predicted molar refractivity (Wildman–Crippen MR) is 58.5 cm³/mol. The third-order valence-corrected chi connectivity index (χ3v) is 3.23. The monoisotopic (exact) mass is 228 g/mol. The average molecular weight is 229 g/mol. The first-order valence-electron chi connectivity index (χ1n) is 4.84. The van der Waals surface area contributed by atoms with E-state index in [0.29, 0.717) is 0 Å². The molecule has 1 heteroatoms. The molecule has 0 bridgehead atoms. The third kappa shape index (κ3) is 3.57. The van der Waals surface area contributed by atoms with Crippen LogP contribution in [0.4, 0.5) is 0 Å². The van der Waals surface area contributed by atoms with Gasteiger partial charge in [-0.05, 0) is 31.3 Å². The van der Waals surface area contributed by atoms with E-state index < -0.39 is 0 Å². The molecule has 0 radical (unpaired) electrons. The minimum atomic E-state index is 1.16. The minimum absolute atomic E-state index is 1.16. The molecule has 0 N–H and O–H groups in total. The van der Waals surface area contributed by atoms with Crippen LogP contribution in [0.3, 0.4) is 0 Å². The lowest BCUT2D eigenvalue weighted by Gasteiger charge is -2.07. The molecule has 0 saturated carbocycles. The van der Waals surface area contributed by atoms with E-state index in [9.17, 15) is 0 Å². The van der Waals surface area contributed by atoms with E-state index >= 15 is 0 Å². The first-order chi connectivity index (χ1) is 5.80. The highest BCUT2D eigenvalue weighted by Gasteiger charge is 2.01. The third-order valence-electron chi connectivity index (χ3n) is 2.34. The van der Waals surface area contributed by atoms with E-state index in [2.05, 4.69) is 28.6 Å². The molecule has 1 aliphatic rings. The molecule has 0 heterocycles. The van der Waals surface area contributed by atoms with Crippen LogP contribution in [0.25, 0.3) is 0 Å². The average Bonchev–Trinajstić information content (AvgIpc) is 2.08. The molecule has 0 aliphatic heterocycles. The molecule has 0 aromatic carbocycles. The lowest BCUT2D eigenvalue weighted by molar-refractivity contribution is 0.613. The Balaban J connectivity index is 2.47. The number of rotatable bonds is 0. The summed E-state index contributed by atoms with van der Waals surface area (Å²) in [5.41, 5.74) is 1.27. The fraction of sp³-hybridized carbons (Fsp3) is 0.636. The molecule has 0 aromatic heterocycles. The van der Waals surface area contributed by atoms with Crippen LogP contribution >= 0.6 is 15.9 Å². The molecule has 0 amide bonds. The maximum Gasteiger partial charge on any atom is 0.0161 e. The first-order valence-corrected chi connectivity index (χ1v) is 5.64. The maximum absolute atomic E-state index is 4.05. The summed E-state index contributed by atoms with van der Waals surface area (Å²) in [4.78, 5) is 0. The zero-order valence-corrected chi connectivity index (χ0v) is 9.20. The minimum Gasteiger partial charge on any atom is -0.0947 e. The molecular formula is C11H17Br. The van der Waals surface area contributed by atoms with Gasteiger partial charge in [0.2, 0.25) is 0 Å². The van der Waals surface area contributed by atoms with E-state index in [4.69, 9.17) is 0 Å². The summed E-state index contributed by atoms with van der Waals surface area (Å²) in [5, 5.41) is 0. The van der Waals surface area contributed by atoms with Gasteiger partial charge in [-0.1, -0.05) is 47.8 Å². The molecule has 0 fully saturated rings. The normalized spacial score (nSPS) is 26.1. The number of hydrogen-bond acceptors (Lipinski definition) is 0. The Kier molecular flexibility index (Phi) is 4.67. The van der Waals surface area contributed by atoms with Crippen molar-refractivity contribution in [3.05, 3.63) is 22.7 Å². The van der Waals surface area contributed by atoms with Crippen LogP contribution in [0.2, 0.25) is 0 Å². The quantitative estimate of drug-likeness (QED) is 0.571. The van der Waals surface area contributed by atoms with Gasteiger partial charge in [-0.25, -0.2) is 0 Å². The van der Waals surface area contributed by atoms with E-state index in [0.717, 1.165) is 6.42 Å². The summed E-state index contributed by atoms with van der Waals surface area (Å²) in [5.74, 6) is 0. The largest absolute Gasteiger partial charge is 0.0947 e. The number of allylic oxidation sites excluding steroid dienone is 3. The van der Waals surface area contributed by atoms with Gasteiger partial charge in [0, 0.05) is 4.48 Å². The zero-order valence-electron chi connectivity index (χ0n) is 7.61. The number of hydrogen-bond donors (Lipinski definition) is 0. The lowest BCUT2D eigenvalue weighted by atomic mass is 10.0. The molecule has 0 saturated heterocycles. The Bertz CT molecular complexity index is 179. The summed E-state index contributed by atoms with van der Waals surface area (Å²) >= 11 is 3.56. The summed E-state index contributed by atoms with van der Waals surface area (Å²) in [6.45, 7) is 4.05. The van der Waals surface area contributed by atoms with Crippen LogP contribution in [0.15, 0.2) is 22.7 Å². The van der Waals surface area contributed by atoms with Gasteiger partial charge in [0.1, 0.15) is 0 Å². The fourth-order valence-corrected chi connectivity index (χ4v) is 1.93. The maximum atomic E-state index is 4.05. The van der Waals surface area contributed by atoms with Gasteiger partial charge in [-0.2, -0.15) is 0 Å². The topological polar surface area (TPSA) is 0 Å². The predicted octanol–water partition coefficient (Wildman–Crippen LogP) is 4.57. The Morgan fingerprint density at radius 1 is 1.08 bits per heavy atom. The van der Waals surface area contributed by atoms with Crippen LogP contribution in [0.5, 0.6) is 0 Å². The summed E-state index contributed by atoms with van der Waals surface area (Å²) in [6.07, 6.45) is 11.5. The van der Waals surface area contributed by atoms with Crippen LogP contribution < -0.4 is 0 Å². The van der Waals surface area contributed by atoms with Gasteiger partial charge < -0.3 is 0 Å².